The second kappa shape index (κ2) is 12.9. The first kappa shape index (κ1) is 28.9. The number of carbonyl (C=O) groups excluding carboxylic acids is 1. The van der Waals surface area contributed by atoms with Crippen molar-refractivity contribution in [2.24, 2.45) is 5.73 Å². The van der Waals surface area contributed by atoms with Crippen LogP contribution >= 0.6 is 23.2 Å². The van der Waals surface area contributed by atoms with Gasteiger partial charge in [0.15, 0.2) is 5.75 Å². The lowest BCUT2D eigenvalue weighted by Crippen LogP contribution is -2.21. The molecule has 1 aliphatic rings. The number of carbonyl (C=O) groups is 1. The monoisotopic (exact) mass is 600 g/mol. The fourth-order valence-electron chi connectivity index (χ4n) is 4.52. The first-order valence-corrected chi connectivity index (χ1v) is 14.0. The fraction of sp³-hybridized carbons (Fsp3) is 0.152. The number of esters is 1. The molecular formula is C33H26Cl2N2O5. The lowest BCUT2D eigenvalue weighted by Gasteiger charge is -2.27. The van der Waals surface area contributed by atoms with Gasteiger partial charge in [0.25, 0.3) is 0 Å². The summed E-state index contributed by atoms with van der Waals surface area (Å²) in [6, 6.07) is 26.8. The Balaban J connectivity index is 1.40. The van der Waals surface area contributed by atoms with Crippen molar-refractivity contribution in [2.75, 3.05) is 6.61 Å². The maximum atomic E-state index is 13.0. The zero-order chi connectivity index (χ0) is 29.6. The summed E-state index contributed by atoms with van der Waals surface area (Å²) in [6.45, 7) is 2.51. The van der Waals surface area contributed by atoms with Gasteiger partial charge in [-0.25, -0.2) is 4.79 Å². The highest BCUT2D eigenvalue weighted by atomic mass is 35.5. The van der Waals surface area contributed by atoms with E-state index in [-0.39, 0.29) is 32.8 Å². The SMILES string of the molecule is CCCCOc1c(Cl)cc(C(=O)Oc2ccc3c(c2)OC(N)=C(C#N)C3c2cccc(Oc3ccccc3)c2)cc1Cl. The van der Waals surface area contributed by atoms with E-state index in [1.54, 1.807) is 18.2 Å². The Labute approximate surface area is 253 Å². The van der Waals surface area contributed by atoms with E-state index in [0.29, 0.717) is 35.2 Å². The summed E-state index contributed by atoms with van der Waals surface area (Å²) < 4.78 is 23.1. The number of nitrogens with two attached hydrogens (primary N) is 1. The Morgan fingerprint density at radius 1 is 0.952 bits per heavy atom. The summed E-state index contributed by atoms with van der Waals surface area (Å²) in [5, 5.41) is 10.4. The van der Waals surface area contributed by atoms with Crippen LogP contribution in [0.1, 0.15) is 47.2 Å². The normalized spacial score (nSPS) is 13.9. The Kier molecular flexibility index (Phi) is 8.87. The minimum absolute atomic E-state index is 0.0370. The highest BCUT2D eigenvalue weighted by Gasteiger charge is 2.31. The molecule has 0 saturated carbocycles. The van der Waals surface area contributed by atoms with Crippen molar-refractivity contribution in [3.63, 3.8) is 0 Å². The molecule has 5 rings (SSSR count). The number of ether oxygens (including phenoxy) is 4. The van der Waals surface area contributed by atoms with Crippen LogP contribution in [0.15, 0.2) is 96.4 Å². The predicted molar refractivity (Wildman–Crippen MR) is 161 cm³/mol. The smallest absolute Gasteiger partial charge is 0.343 e. The molecule has 4 aromatic rings. The van der Waals surface area contributed by atoms with Crippen LogP contribution in [0.5, 0.6) is 28.7 Å². The van der Waals surface area contributed by atoms with E-state index < -0.39 is 11.9 Å². The highest BCUT2D eigenvalue weighted by molar-refractivity contribution is 6.37. The molecule has 9 heteroatoms. The number of fused-ring (bicyclic) bond motifs is 1. The van der Waals surface area contributed by atoms with Crippen molar-refractivity contribution < 1.29 is 23.7 Å². The quantitative estimate of drug-likeness (QED) is 0.117. The van der Waals surface area contributed by atoms with E-state index in [0.717, 1.165) is 18.4 Å². The number of nitrogens with zero attached hydrogens (tertiary/aromatic N) is 1. The highest BCUT2D eigenvalue weighted by Crippen LogP contribution is 2.44. The Bertz CT molecular complexity index is 1680. The molecule has 42 heavy (non-hydrogen) atoms. The van der Waals surface area contributed by atoms with Gasteiger partial charge in [-0.15, -0.1) is 0 Å². The molecule has 0 aromatic heterocycles. The Morgan fingerprint density at radius 2 is 1.69 bits per heavy atom. The van der Waals surface area contributed by atoms with E-state index in [9.17, 15) is 10.1 Å². The molecule has 1 atom stereocenters. The maximum Gasteiger partial charge on any atom is 0.343 e. The third kappa shape index (κ3) is 6.31. The van der Waals surface area contributed by atoms with Crippen LogP contribution in [0, 0.1) is 11.3 Å². The summed E-state index contributed by atoms with van der Waals surface area (Å²) >= 11 is 12.7. The zero-order valence-electron chi connectivity index (χ0n) is 22.6. The van der Waals surface area contributed by atoms with Gasteiger partial charge in [0.1, 0.15) is 34.6 Å². The summed E-state index contributed by atoms with van der Waals surface area (Å²) in [4.78, 5) is 13.0. The second-order valence-corrected chi connectivity index (χ2v) is 10.3. The zero-order valence-corrected chi connectivity index (χ0v) is 24.1. The molecule has 0 fully saturated rings. The number of allylic oxidation sites excluding steroid dienone is 1. The topological polar surface area (TPSA) is 104 Å². The predicted octanol–water partition coefficient (Wildman–Crippen LogP) is 8.40. The van der Waals surface area contributed by atoms with Crippen LogP contribution in [-0.2, 0) is 0 Å². The van der Waals surface area contributed by atoms with Crippen molar-refractivity contribution in [1.29, 1.82) is 5.26 Å². The molecule has 4 aromatic carbocycles. The van der Waals surface area contributed by atoms with Crippen molar-refractivity contribution >= 4 is 29.2 Å². The first-order valence-electron chi connectivity index (χ1n) is 13.3. The lowest BCUT2D eigenvalue weighted by atomic mass is 9.83. The number of benzene rings is 4. The molecule has 0 bridgehead atoms. The van der Waals surface area contributed by atoms with Gasteiger partial charge in [-0.1, -0.05) is 72.9 Å². The molecule has 2 N–H and O–H groups in total. The van der Waals surface area contributed by atoms with Crippen molar-refractivity contribution in [2.45, 2.75) is 25.7 Å². The van der Waals surface area contributed by atoms with Crippen molar-refractivity contribution in [1.82, 2.24) is 0 Å². The van der Waals surface area contributed by atoms with E-state index in [4.69, 9.17) is 47.9 Å². The van der Waals surface area contributed by atoms with Crippen LogP contribution in [0.4, 0.5) is 0 Å². The lowest BCUT2D eigenvalue weighted by molar-refractivity contribution is 0.0734. The molecule has 1 heterocycles. The molecule has 0 amide bonds. The van der Waals surface area contributed by atoms with Gasteiger partial charge in [0.05, 0.1) is 28.1 Å². The number of unbranched alkanes of at least 4 members (excludes halogenated alkanes) is 1. The Hall–Kier alpha value is -4.64. The minimum atomic E-state index is -0.668. The molecule has 1 aliphatic heterocycles. The average Bonchev–Trinajstić information content (AvgIpc) is 2.98. The maximum absolute atomic E-state index is 13.0. The average molecular weight is 601 g/mol. The van der Waals surface area contributed by atoms with Crippen LogP contribution in [0.2, 0.25) is 10.0 Å². The van der Waals surface area contributed by atoms with Crippen molar-refractivity contribution in [3.8, 4) is 34.8 Å². The molecule has 212 valence electrons. The van der Waals surface area contributed by atoms with E-state index in [2.05, 4.69) is 6.07 Å². The first-order chi connectivity index (χ1) is 20.4. The van der Waals surface area contributed by atoms with Gasteiger partial charge in [-0.2, -0.15) is 5.26 Å². The standard InChI is InChI=1S/C33H26Cl2N2O5/c1-2-3-14-39-31-27(34)16-21(17-28(31)35)33(38)41-24-12-13-25-29(18-24)42-32(37)26(19-36)30(25)20-8-7-11-23(15-20)40-22-9-5-4-6-10-22/h4-13,15-18,30H,2-3,14,37H2,1H3. The van der Waals surface area contributed by atoms with Gasteiger partial charge in [0.2, 0.25) is 5.88 Å². The Morgan fingerprint density at radius 3 is 2.40 bits per heavy atom. The third-order valence-electron chi connectivity index (χ3n) is 6.55. The van der Waals surface area contributed by atoms with Gasteiger partial charge in [-0.3, -0.25) is 0 Å². The number of halogens is 2. The van der Waals surface area contributed by atoms with Crippen LogP contribution < -0.4 is 24.7 Å². The number of hydrogen-bond donors (Lipinski definition) is 1. The van der Waals surface area contributed by atoms with Gasteiger partial charge in [-0.05, 0) is 54.4 Å². The molecule has 1 unspecified atom stereocenters. The molecule has 0 spiro atoms. The largest absolute Gasteiger partial charge is 0.490 e. The van der Waals surface area contributed by atoms with Gasteiger partial charge < -0.3 is 24.7 Å². The summed E-state index contributed by atoms with van der Waals surface area (Å²) in [5.41, 5.74) is 8.06. The summed E-state index contributed by atoms with van der Waals surface area (Å²) in [5.74, 6) is 0.946. The van der Waals surface area contributed by atoms with Crippen LogP contribution in [0.25, 0.3) is 0 Å². The van der Waals surface area contributed by atoms with Crippen molar-refractivity contribution in [3.05, 3.63) is 123 Å². The minimum Gasteiger partial charge on any atom is -0.490 e. The molecule has 7 nitrogen and oxygen atoms in total. The molecular weight excluding hydrogens is 575 g/mol. The van der Waals surface area contributed by atoms with Crippen LogP contribution in [0.3, 0.4) is 0 Å². The molecule has 0 radical (unpaired) electrons. The van der Waals surface area contributed by atoms with E-state index >= 15 is 0 Å². The van der Waals surface area contributed by atoms with E-state index in [1.165, 1.54) is 12.1 Å². The molecule has 0 saturated heterocycles. The number of hydrogen-bond acceptors (Lipinski definition) is 7. The summed E-state index contributed by atoms with van der Waals surface area (Å²) in [7, 11) is 0. The van der Waals surface area contributed by atoms with Gasteiger partial charge in [0, 0.05) is 11.6 Å². The fourth-order valence-corrected chi connectivity index (χ4v) is 5.12. The number of nitriles is 1. The van der Waals surface area contributed by atoms with E-state index in [1.807, 2.05) is 61.5 Å². The van der Waals surface area contributed by atoms with Gasteiger partial charge >= 0.3 is 5.97 Å². The molecule has 0 aliphatic carbocycles. The second-order valence-electron chi connectivity index (χ2n) is 9.47. The van der Waals surface area contributed by atoms with Crippen LogP contribution in [-0.4, -0.2) is 12.6 Å². The summed E-state index contributed by atoms with van der Waals surface area (Å²) in [6.07, 6.45) is 1.80. The number of rotatable bonds is 9. The third-order valence-corrected chi connectivity index (χ3v) is 7.11. The number of para-hydroxylation sites is 1.